The fourth-order valence-corrected chi connectivity index (χ4v) is 6.54. The van der Waals surface area contributed by atoms with Crippen LogP contribution in [0.15, 0.2) is 24.3 Å². The monoisotopic (exact) mass is 483 g/mol. The van der Waals surface area contributed by atoms with Crippen LogP contribution in [-0.4, -0.2) is 42.3 Å². The maximum Gasteiger partial charge on any atom is 0.318 e. The number of fused-ring (bicyclic) bond motifs is 4. The van der Waals surface area contributed by atoms with Crippen LogP contribution in [0, 0.1) is 12.7 Å². The van der Waals surface area contributed by atoms with Gasteiger partial charge in [0.25, 0.3) is 0 Å². The summed E-state index contributed by atoms with van der Waals surface area (Å²) < 4.78 is 22.6. The predicted octanol–water partition coefficient (Wildman–Crippen LogP) is 5.14. The molecule has 4 heterocycles. The van der Waals surface area contributed by atoms with Crippen molar-refractivity contribution in [1.29, 1.82) is 0 Å². The van der Waals surface area contributed by atoms with E-state index in [1.165, 1.54) is 18.4 Å². The van der Waals surface area contributed by atoms with E-state index in [1.54, 1.807) is 6.07 Å². The first-order chi connectivity index (χ1) is 15.9. The third-order valence-corrected chi connectivity index (χ3v) is 8.19. The van der Waals surface area contributed by atoms with Crippen LogP contribution in [0.25, 0.3) is 32.1 Å². The van der Waals surface area contributed by atoms with Gasteiger partial charge < -0.3 is 20.7 Å². The summed E-state index contributed by atoms with van der Waals surface area (Å²) in [7, 11) is 1.50. The molecule has 2 aromatic heterocycles. The molecule has 2 aliphatic heterocycles. The number of aromatic nitrogens is 2. The molecule has 2 bridgehead atoms. The van der Waals surface area contributed by atoms with Gasteiger partial charge in [0.05, 0.1) is 17.1 Å². The van der Waals surface area contributed by atoms with E-state index in [0.29, 0.717) is 39.4 Å². The van der Waals surface area contributed by atoms with E-state index in [4.69, 9.17) is 22.1 Å². The van der Waals surface area contributed by atoms with E-state index in [0.717, 1.165) is 46.6 Å². The molecule has 0 aliphatic carbocycles. The van der Waals surface area contributed by atoms with Crippen molar-refractivity contribution in [3.05, 3.63) is 40.7 Å². The van der Waals surface area contributed by atoms with Crippen LogP contribution >= 0.6 is 22.9 Å². The number of rotatable bonds is 3. The molecule has 2 saturated heterocycles. The Labute approximate surface area is 199 Å². The summed E-state index contributed by atoms with van der Waals surface area (Å²) >= 11 is 8.26. The van der Waals surface area contributed by atoms with Crippen molar-refractivity contribution in [2.45, 2.75) is 31.8 Å². The first-order valence-corrected chi connectivity index (χ1v) is 12.2. The van der Waals surface area contributed by atoms with E-state index in [1.807, 2.05) is 25.1 Å². The van der Waals surface area contributed by atoms with Gasteiger partial charge in [-0.25, -0.2) is 4.39 Å². The number of nitrogens with one attached hydrogen (secondary N) is 1. The Kier molecular flexibility index (Phi) is 4.87. The Morgan fingerprint density at radius 2 is 2.00 bits per heavy atom. The third kappa shape index (κ3) is 3.23. The second-order valence-corrected chi connectivity index (χ2v) is 10.3. The minimum Gasteiger partial charge on any atom is -0.467 e. The van der Waals surface area contributed by atoms with Crippen molar-refractivity contribution in [3.8, 4) is 17.1 Å². The number of piperazine rings is 1. The molecule has 0 saturated carbocycles. The highest BCUT2D eigenvalue weighted by Crippen LogP contribution is 2.44. The molecule has 0 spiro atoms. The molecule has 2 unspecified atom stereocenters. The van der Waals surface area contributed by atoms with Crippen molar-refractivity contribution >= 4 is 54.7 Å². The number of thiophene rings is 1. The Morgan fingerprint density at radius 3 is 2.73 bits per heavy atom. The summed E-state index contributed by atoms with van der Waals surface area (Å²) in [5, 5.41) is 6.17. The van der Waals surface area contributed by atoms with Gasteiger partial charge in [0, 0.05) is 46.2 Å². The summed E-state index contributed by atoms with van der Waals surface area (Å²) in [6.07, 6.45) is 2.27. The number of nitrogens with zero attached hydrogens (tertiary/aromatic N) is 3. The molecule has 2 fully saturated rings. The lowest BCUT2D eigenvalue weighted by atomic mass is 9.97. The highest BCUT2D eigenvalue weighted by molar-refractivity contribution is 7.23. The molecule has 170 valence electrons. The summed E-state index contributed by atoms with van der Waals surface area (Å²) in [5.41, 5.74) is 8.35. The summed E-state index contributed by atoms with van der Waals surface area (Å²) in [6, 6.07) is 8.51. The van der Waals surface area contributed by atoms with E-state index >= 15 is 4.39 Å². The normalized spacial score (nSPS) is 20.2. The number of aryl methyl sites for hydroxylation is 1. The standard InChI is InChI=1S/C24H23ClFN5OS/c1-11-18-14(4-3-5-17(18)33-22(11)27)19-16(25)8-15-21(20(19)26)29-24(32-2)30-23(15)31-9-12-6-7-13(10-31)28-12/h3-5,8,12-13,28H,6-7,9-10,27H2,1-2H3. The Morgan fingerprint density at radius 1 is 1.24 bits per heavy atom. The largest absolute Gasteiger partial charge is 0.467 e. The zero-order chi connectivity index (χ0) is 22.9. The maximum atomic E-state index is 16.2. The number of ether oxygens (including phenoxy) is 1. The fraction of sp³-hybridized carbons (Fsp3) is 0.333. The summed E-state index contributed by atoms with van der Waals surface area (Å²) in [6.45, 7) is 3.56. The number of anilines is 2. The van der Waals surface area contributed by atoms with Crippen LogP contribution in [0.4, 0.5) is 15.2 Å². The second-order valence-electron chi connectivity index (χ2n) is 8.79. The number of hydrogen-bond donors (Lipinski definition) is 2. The summed E-state index contributed by atoms with van der Waals surface area (Å²) in [4.78, 5) is 11.2. The van der Waals surface area contributed by atoms with E-state index < -0.39 is 5.82 Å². The predicted molar refractivity (Wildman–Crippen MR) is 133 cm³/mol. The molecule has 6 nitrogen and oxygen atoms in total. The van der Waals surface area contributed by atoms with Crippen LogP contribution in [0.2, 0.25) is 5.02 Å². The Bertz CT molecular complexity index is 1410. The van der Waals surface area contributed by atoms with Crippen LogP contribution in [0.3, 0.4) is 0 Å². The van der Waals surface area contributed by atoms with E-state index in [9.17, 15) is 0 Å². The van der Waals surface area contributed by atoms with Crippen molar-refractivity contribution < 1.29 is 9.13 Å². The molecule has 4 aromatic rings. The quantitative estimate of drug-likeness (QED) is 0.420. The Balaban J connectivity index is 1.60. The molecule has 0 amide bonds. The zero-order valence-corrected chi connectivity index (χ0v) is 19.9. The number of nitrogens with two attached hydrogens (primary N) is 1. The molecule has 2 aromatic carbocycles. The molecule has 9 heteroatoms. The van der Waals surface area contributed by atoms with Crippen LogP contribution in [0.5, 0.6) is 6.01 Å². The maximum absolute atomic E-state index is 16.2. The fourth-order valence-electron chi connectivity index (χ4n) is 5.24. The molecule has 2 atom stereocenters. The minimum absolute atomic E-state index is 0.143. The molecular weight excluding hydrogens is 461 g/mol. The number of benzene rings is 2. The third-order valence-electron chi connectivity index (χ3n) is 6.80. The van der Waals surface area contributed by atoms with Gasteiger partial charge in [-0.2, -0.15) is 9.97 Å². The highest BCUT2D eigenvalue weighted by atomic mass is 35.5. The molecule has 6 rings (SSSR count). The van der Waals surface area contributed by atoms with Crippen molar-refractivity contribution in [3.63, 3.8) is 0 Å². The minimum atomic E-state index is -0.478. The topological polar surface area (TPSA) is 76.3 Å². The number of halogens is 2. The van der Waals surface area contributed by atoms with Gasteiger partial charge in [0.2, 0.25) is 0 Å². The van der Waals surface area contributed by atoms with Gasteiger partial charge in [-0.1, -0.05) is 23.7 Å². The molecule has 0 radical (unpaired) electrons. The van der Waals surface area contributed by atoms with Gasteiger partial charge in [0.15, 0.2) is 5.82 Å². The molecule has 33 heavy (non-hydrogen) atoms. The van der Waals surface area contributed by atoms with Gasteiger partial charge >= 0.3 is 6.01 Å². The highest BCUT2D eigenvalue weighted by Gasteiger charge is 2.34. The molecular formula is C24H23ClFN5OS. The van der Waals surface area contributed by atoms with E-state index in [2.05, 4.69) is 20.2 Å². The average molecular weight is 484 g/mol. The van der Waals surface area contributed by atoms with Crippen LogP contribution in [-0.2, 0) is 0 Å². The zero-order valence-electron chi connectivity index (χ0n) is 18.3. The number of methoxy groups -OCH3 is 1. The van der Waals surface area contributed by atoms with Crippen LogP contribution in [0.1, 0.15) is 18.4 Å². The lowest BCUT2D eigenvalue weighted by molar-refractivity contribution is 0.380. The SMILES string of the molecule is COc1nc(N2CC3CCC(C2)N3)c2cc(Cl)c(-c3cccc4sc(N)c(C)c34)c(F)c2n1. The number of hydrogen-bond acceptors (Lipinski definition) is 7. The van der Waals surface area contributed by atoms with Gasteiger partial charge in [-0.05, 0) is 43.0 Å². The smallest absolute Gasteiger partial charge is 0.318 e. The first kappa shape index (κ1) is 20.9. The number of nitrogen functional groups attached to an aromatic ring is 1. The summed E-state index contributed by atoms with van der Waals surface area (Å²) in [5.74, 6) is 0.186. The van der Waals surface area contributed by atoms with Crippen molar-refractivity contribution in [2.24, 2.45) is 0 Å². The van der Waals surface area contributed by atoms with Crippen LogP contribution < -0.4 is 20.7 Å². The van der Waals surface area contributed by atoms with Gasteiger partial charge in [-0.3, -0.25) is 0 Å². The van der Waals surface area contributed by atoms with E-state index in [-0.39, 0.29) is 11.5 Å². The molecule has 3 N–H and O–H groups in total. The first-order valence-electron chi connectivity index (χ1n) is 11.0. The van der Waals surface area contributed by atoms with Crippen molar-refractivity contribution in [2.75, 3.05) is 30.8 Å². The van der Waals surface area contributed by atoms with Crippen molar-refractivity contribution in [1.82, 2.24) is 15.3 Å². The Hall–Kier alpha value is -2.68. The lowest BCUT2D eigenvalue weighted by Crippen LogP contribution is -2.51. The second kappa shape index (κ2) is 7.68. The van der Waals surface area contributed by atoms with Gasteiger partial charge in [-0.15, -0.1) is 11.3 Å². The van der Waals surface area contributed by atoms with Gasteiger partial charge in [0.1, 0.15) is 11.3 Å². The molecule has 2 aliphatic rings. The average Bonchev–Trinajstić information content (AvgIpc) is 3.30. The lowest BCUT2D eigenvalue weighted by Gasteiger charge is -2.34.